The molecule has 0 fully saturated rings. The lowest BCUT2D eigenvalue weighted by Crippen LogP contribution is -2.05. The number of aryl methyl sites for hydroxylation is 2. The fourth-order valence-electron chi connectivity index (χ4n) is 2.46. The van der Waals surface area contributed by atoms with E-state index in [1.165, 1.54) is 5.56 Å². The van der Waals surface area contributed by atoms with E-state index in [4.69, 9.17) is 5.73 Å². The van der Waals surface area contributed by atoms with Crippen LogP contribution in [0, 0.1) is 13.8 Å². The Kier molecular flexibility index (Phi) is 3.21. The molecule has 21 heavy (non-hydrogen) atoms. The van der Waals surface area contributed by atoms with Gasteiger partial charge in [-0.2, -0.15) is 5.10 Å². The summed E-state index contributed by atoms with van der Waals surface area (Å²) in [6, 6.07) is 5.63. The highest BCUT2D eigenvalue weighted by atomic mass is 15.3. The van der Waals surface area contributed by atoms with Crippen molar-refractivity contribution >= 4 is 22.4 Å². The highest BCUT2D eigenvalue weighted by Crippen LogP contribution is 2.23. The predicted octanol–water partition coefficient (Wildman–Crippen LogP) is 2.17. The van der Waals surface area contributed by atoms with E-state index >= 15 is 0 Å². The van der Waals surface area contributed by atoms with Gasteiger partial charge in [-0.3, -0.25) is 4.68 Å². The molecule has 108 valence electrons. The molecule has 3 N–H and O–H groups in total. The maximum absolute atomic E-state index is 5.85. The molecule has 2 aromatic heterocycles. The van der Waals surface area contributed by atoms with Crippen molar-refractivity contribution in [1.29, 1.82) is 0 Å². The van der Waals surface area contributed by atoms with Gasteiger partial charge in [0.2, 0.25) is 0 Å². The van der Waals surface area contributed by atoms with Crippen LogP contribution < -0.4 is 11.1 Å². The molecule has 0 aliphatic carbocycles. The molecular weight excluding hydrogens is 264 g/mol. The fourth-order valence-corrected chi connectivity index (χ4v) is 2.46. The minimum absolute atomic E-state index is 0.673. The molecule has 0 aliphatic heterocycles. The summed E-state index contributed by atoms with van der Waals surface area (Å²) in [5.41, 5.74) is 10.8. The molecule has 0 amide bonds. The lowest BCUT2D eigenvalue weighted by atomic mass is 10.2. The minimum atomic E-state index is 0.673. The smallest absolute Gasteiger partial charge is 0.137 e. The van der Waals surface area contributed by atoms with Gasteiger partial charge in [0.05, 0.1) is 11.2 Å². The van der Waals surface area contributed by atoms with E-state index in [1.54, 1.807) is 6.33 Å². The van der Waals surface area contributed by atoms with Gasteiger partial charge in [-0.25, -0.2) is 9.97 Å². The summed E-state index contributed by atoms with van der Waals surface area (Å²) in [5.74, 6) is 0.787. The van der Waals surface area contributed by atoms with Crippen molar-refractivity contribution in [2.75, 3.05) is 11.1 Å². The van der Waals surface area contributed by atoms with Crippen molar-refractivity contribution in [3.05, 3.63) is 41.5 Å². The van der Waals surface area contributed by atoms with Crippen LogP contribution in [0.1, 0.15) is 17.0 Å². The van der Waals surface area contributed by atoms with E-state index < -0.39 is 0 Å². The van der Waals surface area contributed by atoms with Crippen molar-refractivity contribution < 1.29 is 0 Å². The third-order valence-electron chi connectivity index (χ3n) is 3.75. The number of nitrogens with zero attached hydrogens (tertiary/aromatic N) is 4. The summed E-state index contributed by atoms with van der Waals surface area (Å²) in [6.07, 6.45) is 1.56. The molecule has 3 rings (SSSR count). The third-order valence-corrected chi connectivity index (χ3v) is 3.75. The standard InChI is InChI=1S/C15H18N6/c1-9-13(10(2)21(3)20-9)7-17-15-12-6-11(16)4-5-14(12)18-8-19-15/h4-6,8H,7,16H2,1-3H3,(H,17,18,19). The van der Waals surface area contributed by atoms with Gasteiger partial charge in [0, 0.05) is 35.9 Å². The fraction of sp³-hybridized carbons (Fsp3) is 0.267. The number of nitrogens with two attached hydrogens (primary N) is 1. The summed E-state index contributed by atoms with van der Waals surface area (Å²) in [6.45, 7) is 4.75. The van der Waals surface area contributed by atoms with Crippen molar-refractivity contribution in [2.24, 2.45) is 7.05 Å². The Morgan fingerprint density at radius 2 is 2.05 bits per heavy atom. The summed E-state index contributed by atoms with van der Waals surface area (Å²) in [7, 11) is 1.95. The second kappa shape index (κ2) is 5.05. The Balaban J connectivity index is 1.93. The largest absolute Gasteiger partial charge is 0.399 e. The van der Waals surface area contributed by atoms with Crippen LogP contribution in [0.15, 0.2) is 24.5 Å². The number of benzene rings is 1. The summed E-state index contributed by atoms with van der Waals surface area (Å²) >= 11 is 0. The maximum Gasteiger partial charge on any atom is 0.137 e. The molecule has 0 atom stereocenters. The molecule has 0 saturated carbocycles. The van der Waals surface area contributed by atoms with E-state index in [0.29, 0.717) is 12.2 Å². The van der Waals surface area contributed by atoms with Gasteiger partial charge in [0.15, 0.2) is 0 Å². The normalized spacial score (nSPS) is 11.0. The highest BCUT2D eigenvalue weighted by Gasteiger charge is 2.10. The number of aromatic nitrogens is 4. The second-order valence-corrected chi connectivity index (χ2v) is 5.13. The first kappa shape index (κ1) is 13.4. The molecule has 0 aliphatic rings. The van der Waals surface area contributed by atoms with Gasteiger partial charge < -0.3 is 11.1 Å². The Morgan fingerprint density at radius 1 is 1.24 bits per heavy atom. The molecular formula is C15H18N6. The molecule has 0 radical (unpaired) electrons. The number of fused-ring (bicyclic) bond motifs is 1. The lowest BCUT2D eigenvalue weighted by molar-refractivity contribution is 0.730. The number of rotatable bonds is 3. The third kappa shape index (κ3) is 2.40. The molecule has 6 nitrogen and oxygen atoms in total. The summed E-state index contributed by atoms with van der Waals surface area (Å²) in [5, 5.41) is 8.72. The van der Waals surface area contributed by atoms with Crippen molar-refractivity contribution in [3.8, 4) is 0 Å². The number of nitrogens with one attached hydrogen (secondary N) is 1. The van der Waals surface area contributed by atoms with Gasteiger partial charge in [0.25, 0.3) is 0 Å². The molecule has 3 aromatic rings. The van der Waals surface area contributed by atoms with Crippen LogP contribution in [0.4, 0.5) is 11.5 Å². The maximum atomic E-state index is 5.85. The predicted molar refractivity (Wildman–Crippen MR) is 84.0 cm³/mol. The zero-order valence-corrected chi connectivity index (χ0v) is 12.4. The van der Waals surface area contributed by atoms with Crippen LogP contribution in [0.2, 0.25) is 0 Å². The van der Waals surface area contributed by atoms with Gasteiger partial charge in [0.1, 0.15) is 12.1 Å². The van der Waals surface area contributed by atoms with E-state index in [1.807, 2.05) is 36.9 Å². The second-order valence-electron chi connectivity index (χ2n) is 5.13. The number of anilines is 2. The molecule has 1 aromatic carbocycles. The molecule has 6 heteroatoms. The first-order valence-electron chi connectivity index (χ1n) is 6.79. The minimum Gasteiger partial charge on any atom is -0.399 e. The molecule has 0 saturated heterocycles. The van der Waals surface area contributed by atoms with Gasteiger partial charge in [-0.05, 0) is 32.0 Å². The lowest BCUT2D eigenvalue weighted by Gasteiger charge is -2.09. The molecule has 0 spiro atoms. The van der Waals surface area contributed by atoms with Crippen LogP contribution in [-0.2, 0) is 13.6 Å². The van der Waals surface area contributed by atoms with Gasteiger partial charge in [-0.1, -0.05) is 0 Å². The topological polar surface area (TPSA) is 81.7 Å². The Labute approximate surface area is 123 Å². The zero-order chi connectivity index (χ0) is 15.0. The van der Waals surface area contributed by atoms with Crippen LogP contribution in [0.25, 0.3) is 10.9 Å². The van der Waals surface area contributed by atoms with Gasteiger partial charge >= 0.3 is 0 Å². The van der Waals surface area contributed by atoms with E-state index in [9.17, 15) is 0 Å². The first-order chi connectivity index (χ1) is 10.1. The van der Waals surface area contributed by atoms with E-state index in [2.05, 4.69) is 27.3 Å². The van der Waals surface area contributed by atoms with Crippen LogP contribution >= 0.6 is 0 Å². The summed E-state index contributed by atoms with van der Waals surface area (Å²) < 4.78 is 1.89. The van der Waals surface area contributed by atoms with Crippen molar-refractivity contribution in [2.45, 2.75) is 20.4 Å². The van der Waals surface area contributed by atoms with Crippen molar-refractivity contribution in [1.82, 2.24) is 19.7 Å². The van der Waals surface area contributed by atoms with Crippen LogP contribution in [-0.4, -0.2) is 19.7 Å². The molecule has 0 bridgehead atoms. The Morgan fingerprint density at radius 3 is 2.76 bits per heavy atom. The SMILES string of the molecule is Cc1nn(C)c(C)c1CNc1ncnc2ccc(N)cc12. The van der Waals surface area contributed by atoms with Gasteiger partial charge in [-0.15, -0.1) is 0 Å². The van der Waals surface area contributed by atoms with E-state index in [-0.39, 0.29) is 0 Å². The Hall–Kier alpha value is -2.63. The molecule has 2 heterocycles. The number of hydrogen-bond acceptors (Lipinski definition) is 5. The van der Waals surface area contributed by atoms with E-state index in [0.717, 1.165) is 28.1 Å². The quantitative estimate of drug-likeness (QED) is 0.719. The summed E-state index contributed by atoms with van der Waals surface area (Å²) in [4.78, 5) is 8.58. The van der Waals surface area contributed by atoms with Crippen LogP contribution in [0.3, 0.4) is 0 Å². The zero-order valence-electron chi connectivity index (χ0n) is 12.4. The van der Waals surface area contributed by atoms with Crippen molar-refractivity contribution in [3.63, 3.8) is 0 Å². The highest BCUT2D eigenvalue weighted by molar-refractivity contribution is 5.91. The average Bonchev–Trinajstić information content (AvgIpc) is 2.70. The van der Waals surface area contributed by atoms with Crippen LogP contribution in [0.5, 0.6) is 0 Å². The first-order valence-corrected chi connectivity index (χ1v) is 6.79. The average molecular weight is 282 g/mol. The number of nitrogen functional groups attached to an aromatic ring is 1. The molecule has 0 unspecified atom stereocenters. The Bertz CT molecular complexity index is 805. The number of hydrogen-bond donors (Lipinski definition) is 2. The monoisotopic (exact) mass is 282 g/mol.